The zero-order chi connectivity index (χ0) is 9.97. The lowest BCUT2D eigenvalue weighted by molar-refractivity contribution is 0.310. The van der Waals surface area contributed by atoms with E-state index >= 15 is 0 Å². The zero-order valence-corrected chi connectivity index (χ0v) is 7.90. The van der Waals surface area contributed by atoms with Crippen molar-refractivity contribution >= 4 is 5.82 Å². The summed E-state index contributed by atoms with van der Waals surface area (Å²) >= 11 is 0. The van der Waals surface area contributed by atoms with Gasteiger partial charge < -0.3 is 5.73 Å². The molecule has 0 radical (unpaired) electrons. The molecule has 0 aliphatic heterocycles. The van der Waals surface area contributed by atoms with E-state index in [0.717, 1.165) is 12.0 Å². The number of hydrogen-bond acceptors (Lipinski definition) is 4. The van der Waals surface area contributed by atoms with Gasteiger partial charge in [-0.1, -0.05) is 31.2 Å². The molecular formula is C10H11N3O. The minimum absolute atomic E-state index is 0.339. The largest absolute Gasteiger partial charge is 0.379 e. The van der Waals surface area contributed by atoms with E-state index in [0.29, 0.717) is 11.5 Å². The number of nitrogens with zero attached hydrogens (tertiary/aromatic N) is 2. The minimum Gasteiger partial charge on any atom is -0.379 e. The molecule has 2 rings (SSSR count). The Bertz CT molecular complexity index is 436. The highest BCUT2D eigenvalue weighted by Crippen LogP contribution is 2.25. The van der Waals surface area contributed by atoms with Gasteiger partial charge in [-0.15, -0.1) is 0 Å². The molecule has 72 valence electrons. The van der Waals surface area contributed by atoms with E-state index < -0.39 is 0 Å². The molecule has 0 aliphatic carbocycles. The molecular weight excluding hydrogens is 178 g/mol. The lowest BCUT2D eigenvalue weighted by Gasteiger charge is -2.03. The van der Waals surface area contributed by atoms with Crippen LogP contribution < -0.4 is 5.73 Å². The van der Waals surface area contributed by atoms with E-state index in [-0.39, 0.29) is 0 Å². The Morgan fingerprint density at radius 1 is 1.29 bits per heavy atom. The maximum Gasteiger partial charge on any atom is 0.196 e. The number of anilines is 1. The highest BCUT2D eigenvalue weighted by Gasteiger charge is 2.11. The van der Waals surface area contributed by atoms with Crippen molar-refractivity contribution in [1.82, 2.24) is 10.3 Å². The summed E-state index contributed by atoms with van der Waals surface area (Å²) in [5, 5.41) is 7.34. The van der Waals surface area contributed by atoms with Crippen molar-refractivity contribution in [3.63, 3.8) is 0 Å². The van der Waals surface area contributed by atoms with Gasteiger partial charge in [-0.25, -0.2) is 4.63 Å². The number of aryl methyl sites for hydroxylation is 1. The number of nitrogens with two attached hydrogens (primary N) is 1. The number of hydrogen-bond donors (Lipinski definition) is 1. The molecule has 0 atom stereocenters. The highest BCUT2D eigenvalue weighted by atomic mass is 16.6. The van der Waals surface area contributed by atoms with Crippen LogP contribution in [0.15, 0.2) is 28.9 Å². The fourth-order valence-electron chi connectivity index (χ4n) is 1.44. The Morgan fingerprint density at radius 2 is 2.07 bits per heavy atom. The normalized spacial score (nSPS) is 10.4. The predicted molar refractivity (Wildman–Crippen MR) is 53.5 cm³/mol. The third kappa shape index (κ3) is 1.35. The minimum atomic E-state index is 0.339. The summed E-state index contributed by atoms with van der Waals surface area (Å²) in [4.78, 5) is 0. The Labute approximate surface area is 81.7 Å². The molecule has 2 aromatic rings. The smallest absolute Gasteiger partial charge is 0.196 e. The van der Waals surface area contributed by atoms with E-state index in [1.54, 1.807) is 0 Å². The SMILES string of the molecule is CCc1ccccc1-c1nonc1N. The van der Waals surface area contributed by atoms with Gasteiger partial charge in [-0.2, -0.15) is 0 Å². The molecule has 1 heterocycles. The topological polar surface area (TPSA) is 64.9 Å². The van der Waals surface area contributed by atoms with Crippen molar-refractivity contribution in [2.45, 2.75) is 13.3 Å². The molecule has 0 spiro atoms. The van der Waals surface area contributed by atoms with Crippen LogP contribution in [-0.2, 0) is 6.42 Å². The zero-order valence-electron chi connectivity index (χ0n) is 7.90. The van der Waals surface area contributed by atoms with E-state index in [4.69, 9.17) is 5.73 Å². The van der Waals surface area contributed by atoms with Crippen molar-refractivity contribution in [1.29, 1.82) is 0 Å². The van der Waals surface area contributed by atoms with E-state index in [9.17, 15) is 0 Å². The fraction of sp³-hybridized carbons (Fsp3) is 0.200. The van der Waals surface area contributed by atoms with Gasteiger partial charge >= 0.3 is 0 Å². The van der Waals surface area contributed by atoms with Crippen molar-refractivity contribution in [3.8, 4) is 11.3 Å². The van der Waals surface area contributed by atoms with Crippen LogP contribution in [0.2, 0.25) is 0 Å². The van der Waals surface area contributed by atoms with Gasteiger partial charge in [0, 0.05) is 5.56 Å². The summed E-state index contributed by atoms with van der Waals surface area (Å²) in [6.45, 7) is 2.09. The van der Waals surface area contributed by atoms with Crippen molar-refractivity contribution < 1.29 is 4.63 Å². The standard InChI is InChI=1S/C10H11N3O/c1-2-7-5-3-4-6-8(7)9-10(11)13-14-12-9/h3-6H,2H2,1H3,(H2,11,13). The predicted octanol–water partition coefficient (Wildman–Crippen LogP) is 1.88. The summed E-state index contributed by atoms with van der Waals surface area (Å²) in [7, 11) is 0. The molecule has 1 aromatic heterocycles. The van der Waals surface area contributed by atoms with Crippen molar-refractivity contribution in [3.05, 3.63) is 29.8 Å². The third-order valence-electron chi connectivity index (χ3n) is 2.17. The molecule has 0 unspecified atom stereocenters. The van der Waals surface area contributed by atoms with E-state index in [2.05, 4.69) is 21.9 Å². The van der Waals surface area contributed by atoms with Crippen LogP contribution in [0.1, 0.15) is 12.5 Å². The average Bonchev–Trinajstić information content (AvgIpc) is 2.64. The lowest BCUT2D eigenvalue weighted by Crippen LogP contribution is -1.92. The molecule has 14 heavy (non-hydrogen) atoms. The second-order valence-electron chi connectivity index (χ2n) is 3.01. The maximum atomic E-state index is 5.63. The molecule has 0 aliphatic rings. The summed E-state index contributed by atoms with van der Waals surface area (Å²) in [5.41, 5.74) is 8.44. The molecule has 4 heteroatoms. The van der Waals surface area contributed by atoms with Crippen molar-refractivity contribution in [2.75, 3.05) is 5.73 Å². The maximum absolute atomic E-state index is 5.63. The fourth-order valence-corrected chi connectivity index (χ4v) is 1.44. The van der Waals surface area contributed by atoms with Gasteiger partial charge in [-0.3, -0.25) is 0 Å². The van der Waals surface area contributed by atoms with Crippen LogP contribution in [0.25, 0.3) is 11.3 Å². The number of aromatic nitrogens is 2. The lowest BCUT2D eigenvalue weighted by atomic mass is 10.0. The van der Waals surface area contributed by atoms with Crippen LogP contribution in [0.3, 0.4) is 0 Å². The van der Waals surface area contributed by atoms with Gasteiger partial charge in [0.2, 0.25) is 0 Å². The Morgan fingerprint density at radius 3 is 2.71 bits per heavy atom. The molecule has 4 nitrogen and oxygen atoms in total. The van der Waals surface area contributed by atoms with Gasteiger partial charge in [0.05, 0.1) is 0 Å². The van der Waals surface area contributed by atoms with Gasteiger partial charge in [0.25, 0.3) is 0 Å². The van der Waals surface area contributed by atoms with Crippen LogP contribution >= 0.6 is 0 Å². The molecule has 1 aromatic carbocycles. The van der Waals surface area contributed by atoms with E-state index in [1.807, 2.05) is 24.3 Å². The number of rotatable bonds is 2. The second-order valence-corrected chi connectivity index (χ2v) is 3.01. The van der Waals surface area contributed by atoms with Gasteiger partial charge in [0.15, 0.2) is 11.5 Å². The molecule has 0 saturated carbocycles. The summed E-state index contributed by atoms with van der Waals surface area (Å²) in [6, 6.07) is 7.95. The van der Waals surface area contributed by atoms with Crippen LogP contribution in [0, 0.1) is 0 Å². The molecule has 0 amide bonds. The van der Waals surface area contributed by atoms with Crippen LogP contribution in [-0.4, -0.2) is 10.3 Å². The van der Waals surface area contributed by atoms with Crippen LogP contribution in [0.4, 0.5) is 5.82 Å². The molecule has 0 saturated heterocycles. The first-order valence-corrected chi connectivity index (χ1v) is 4.49. The number of nitrogen functional groups attached to an aromatic ring is 1. The summed E-state index contributed by atoms with van der Waals surface area (Å²) in [5.74, 6) is 0.339. The second kappa shape index (κ2) is 3.49. The Balaban J connectivity index is 2.56. The third-order valence-corrected chi connectivity index (χ3v) is 2.17. The first-order valence-electron chi connectivity index (χ1n) is 4.49. The van der Waals surface area contributed by atoms with Crippen molar-refractivity contribution in [2.24, 2.45) is 0 Å². The van der Waals surface area contributed by atoms with E-state index in [1.165, 1.54) is 5.56 Å². The van der Waals surface area contributed by atoms with Crippen LogP contribution in [0.5, 0.6) is 0 Å². The first kappa shape index (κ1) is 8.74. The average molecular weight is 189 g/mol. The molecule has 2 N–H and O–H groups in total. The molecule has 0 bridgehead atoms. The van der Waals surface area contributed by atoms with Gasteiger partial charge in [0.1, 0.15) is 0 Å². The quantitative estimate of drug-likeness (QED) is 0.783. The first-order chi connectivity index (χ1) is 6.83. The Kier molecular flexibility index (Phi) is 2.18. The Hall–Kier alpha value is -1.84. The monoisotopic (exact) mass is 189 g/mol. The van der Waals surface area contributed by atoms with Gasteiger partial charge in [-0.05, 0) is 22.3 Å². The molecule has 0 fully saturated rings. The summed E-state index contributed by atoms with van der Waals surface area (Å²) in [6.07, 6.45) is 0.933. The summed E-state index contributed by atoms with van der Waals surface area (Å²) < 4.78 is 4.57. The number of benzene rings is 1. The highest BCUT2D eigenvalue weighted by molar-refractivity contribution is 5.71.